The maximum Gasteiger partial charge on any atom is 0.433 e. The van der Waals surface area contributed by atoms with Crippen LogP contribution in [-0.2, 0) is 19.0 Å². The molecule has 3 unspecified atom stereocenters. The number of hydrogen-bond acceptors (Lipinski definition) is 4. The number of carbonyl (C=O) groups is 1. The van der Waals surface area contributed by atoms with Gasteiger partial charge in [0.05, 0.1) is 19.3 Å². The van der Waals surface area contributed by atoms with Gasteiger partial charge in [0.2, 0.25) is 6.23 Å². The Labute approximate surface area is 115 Å². The van der Waals surface area contributed by atoms with Gasteiger partial charge in [0.1, 0.15) is 6.10 Å². The molecule has 1 amide bonds. The molecule has 0 aromatic carbocycles. The van der Waals surface area contributed by atoms with Crippen LogP contribution in [0, 0.1) is 0 Å². The van der Waals surface area contributed by atoms with E-state index in [1.807, 2.05) is 0 Å². The van der Waals surface area contributed by atoms with E-state index in [0.717, 1.165) is 12.8 Å². The molecule has 0 radical (unpaired) electrons. The van der Waals surface area contributed by atoms with Crippen molar-refractivity contribution in [3.63, 3.8) is 0 Å². The molecule has 2 rings (SSSR count). The van der Waals surface area contributed by atoms with Gasteiger partial charge >= 0.3 is 6.18 Å². The molecule has 116 valence electrons. The summed E-state index contributed by atoms with van der Waals surface area (Å²) in [5, 5.41) is 0. The standard InChI is InChI=1S/C12H18F3NO4/c1-8(20-7-9-3-2-5-18-9)10(17)16-4-6-19-11(16)12(13,14)15/h8-9,11H,2-7H2,1H3. The predicted octanol–water partition coefficient (Wildman–Crippen LogP) is 1.32. The molecular formula is C12H18F3NO4. The zero-order chi connectivity index (χ0) is 14.8. The number of amides is 1. The van der Waals surface area contributed by atoms with Gasteiger partial charge in [0.15, 0.2) is 0 Å². The average molecular weight is 297 g/mol. The van der Waals surface area contributed by atoms with Gasteiger partial charge in [-0.25, -0.2) is 0 Å². The zero-order valence-electron chi connectivity index (χ0n) is 11.2. The Morgan fingerprint density at radius 3 is 2.75 bits per heavy atom. The Balaban J connectivity index is 1.85. The lowest BCUT2D eigenvalue weighted by Gasteiger charge is -2.27. The summed E-state index contributed by atoms with van der Waals surface area (Å²) in [6.45, 7) is 2.14. The van der Waals surface area contributed by atoms with Crippen LogP contribution in [0.25, 0.3) is 0 Å². The van der Waals surface area contributed by atoms with Crippen LogP contribution in [0.3, 0.4) is 0 Å². The molecule has 0 spiro atoms. The third kappa shape index (κ3) is 3.62. The fourth-order valence-electron chi connectivity index (χ4n) is 2.30. The number of alkyl halides is 3. The van der Waals surface area contributed by atoms with Crippen molar-refractivity contribution in [3.05, 3.63) is 0 Å². The Hall–Kier alpha value is -0.860. The second-order valence-electron chi connectivity index (χ2n) is 4.91. The zero-order valence-corrected chi connectivity index (χ0v) is 11.2. The van der Waals surface area contributed by atoms with E-state index in [9.17, 15) is 18.0 Å². The topological polar surface area (TPSA) is 48.0 Å². The first-order chi connectivity index (χ1) is 9.39. The molecule has 0 bridgehead atoms. The van der Waals surface area contributed by atoms with Crippen molar-refractivity contribution in [2.24, 2.45) is 0 Å². The predicted molar refractivity (Wildman–Crippen MR) is 61.9 cm³/mol. The molecule has 0 aromatic rings. The fraction of sp³-hybridized carbons (Fsp3) is 0.917. The number of halogens is 3. The van der Waals surface area contributed by atoms with Crippen molar-refractivity contribution >= 4 is 5.91 Å². The van der Waals surface area contributed by atoms with E-state index in [1.165, 1.54) is 6.92 Å². The van der Waals surface area contributed by atoms with Crippen molar-refractivity contribution in [1.82, 2.24) is 4.90 Å². The third-order valence-electron chi connectivity index (χ3n) is 3.36. The van der Waals surface area contributed by atoms with Crippen molar-refractivity contribution in [1.29, 1.82) is 0 Å². The lowest BCUT2D eigenvalue weighted by molar-refractivity contribution is -0.240. The number of hydrogen-bond donors (Lipinski definition) is 0. The summed E-state index contributed by atoms with van der Waals surface area (Å²) in [4.78, 5) is 12.7. The quantitative estimate of drug-likeness (QED) is 0.785. The van der Waals surface area contributed by atoms with Crippen LogP contribution in [0.2, 0.25) is 0 Å². The number of ether oxygens (including phenoxy) is 3. The number of nitrogens with zero attached hydrogens (tertiary/aromatic N) is 1. The first-order valence-corrected chi connectivity index (χ1v) is 6.61. The summed E-state index contributed by atoms with van der Waals surface area (Å²) in [6, 6.07) is 0. The Kier molecular flexibility index (Phi) is 4.87. The molecule has 3 atom stereocenters. The molecule has 0 aromatic heterocycles. The van der Waals surface area contributed by atoms with Crippen molar-refractivity contribution < 1.29 is 32.2 Å². The Bertz CT molecular complexity index is 344. The molecular weight excluding hydrogens is 279 g/mol. The molecule has 20 heavy (non-hydrogen) atoms. The molecule has 2 fully saturated rings. The molecule has 0 saturated carbocycles. The van der Waals surface area contributed by atoms with Crippen molar-refractivity contribution in [3.8, 4) is 0 Å². The average Bonchev–Trinajstić information content (AvgIpc) is 3.04. The third-order valence-corrected chi connectivity index (χ3v) is 3.36. The molecule has 2 aliphatic heterocycles. The molecule has 0 aliphatic carbocycles. The van der Waals surface area contributed by atoms with Gasteiger partial charge in [-0.05, 0) is 19.8 Å². The minimum absolute atomic E-state index is 0.0708. The van der Waals surface area contributed by atoms with Crippen LogP contribution in [0.15, 0.2) is 0 Å². The van der Waals surface area contributed by atoms with E-state index in [2.05, 4.69) is 4.74 Å². The summed E-state index contributed by atoms with van der Waals surface area (Å²) >= 11 is 0. The van der Waals surface area contributed by atoms with Gasteiger partial charge in [-0.15, -0.1) is 0 Å². The SMILES string of the molecule is CC(OCC1CCCO1)C(=O)N1CCOC1C(F)(F)F. The van der Waals surface area contributed by atoms with E-state index in [0.29, 0.717) is 11.5 Å². The normalized spacial score (nSPS) is 28.9. The van der Waals surface area contributed by atoms with Gasteiger partial charge in [-0.2, -0.15) is 13.2 Å². The van der Waals surface area contributed by atoms with Gasteiger partial charge in [-0.1, -0.05) is 0 Å². The molecule has 0 N–H and O–H groups in total. The van der Waals surface area contributed by atoms with Crippen LogP contribution >= 0.6 is 0 Å². The van der Waals surface area contributed by atoms with E-state index < -0.39 is 24.4 Å². The highest BCUT2D eigenvalue weighted by molar-refractivity contribution is 5.81. The fourth-order valence-corrected chi connectivity index (χ4v) is 2.30. The maximum atomic E-state index is 12.7. The van der Waals surface area contributed by atoms with Gasteiger partial charge < -0.3 is 19.1 Å². The monoisotopic (exact) mass is 297 g/mol. The summed E-state index contributed by atoms with van der Waals surface area (Å²) in [5.41, 5.74) is 0. The first-order valence-electron chi connectivity index (χ1n) is 6.61. The molecule has 2 heterocycles. The van der Waals surface area contributed by atoms with Crippen LogP contribution in [0.4, 0.5) is 13.2 Å². The van der Waals surface area contributed by atoms with E-state index in [-0.39, 0.29) is 25.9 Å². The number of rotatable bonds is 4. The highest BCUT2D eigenvalue weighted by atomic mass is 19.4. The Morgan fingerprint density at radius 1 is 1.40 bits per heavy atom. The Morgan fingerprint density at radius 2 is 2.15 bits per heavy atom. The second-order valence-corrected chi connectivity index (χ2v) is 4.91. The highest BCUT2D eigenvalue weighted by Gasteiger charge is 2.50. The summed E-state index contributed by atoms with van der Waals surface area (Å²) < 4.78 is 53.3. The van der Waals surface area contributed by atoms with Gasteiger partial charge in [0, 0.05) is 13.2 Å². The lowest BCUT2D eigenvalue weighted by Crippen LogP contribution is -2.49. The van der Waals surface area contributed by atoms with E-state index >= 15 is 0 Å². The van der Waals surface area contributed by atoms with Gasteiger partial charge in [-0.3, -0.25) is 4.79 Å². The molecule has 8 heteroatoms. The van der Waals surface area contributed by atoms with Crippen molar-refractivity contribution in [2.45, 2.75) is 44.4 Å². The second kappa shape index (κ2) is 6.28. The largest absolute Gasteiger partial charge is 0.433 e. The van der Waals surface area contributed by atoms with E-state index in [1.54, 1.807) is 0 Å². The van der Waals surface area contributed by atoms with Crippen LogP contribution in [-0.4, -0.2) is 61.8 Å². The first kappa shape index (κ1) is 15.5. The van der Waals surface area contributed by atoms with Crippen LogP contribution in [0.1, 0.15) is 19.8 Å². The summed E-state index contributed by atoms with van der Waals surface area (Å²) in [6.07, 6.45) is -5.97. The number of carbonyl (C=O) groups excluding carboxylic acids is 1. The molecule has 2 saturated heterocycles. The molecule has 2 aliphatic rings. The lowest BCUT2D eigenvalue weighted by atomic mass is 10.2. The van der Waals surface area contributed by atoms with Gasteiger partial charge in [0.25, 0.3) is 5.91 Å². The van der Waals surface area contributed by atoms with Crippen molar-refractivity contribution in [2.75, 3.05) is 26.4 Å². The molecule has 5 nitrogen and oxygen atoms in total. The summed E-state index contributed by atoms with van der Waals surface area (Å²) in [5.74, 6) is -0.706. The van der Waals surface area contributed by atoms with E-state index in [4.69, 9.17) is 9.47 Å². The summed E-state index contributed by atoms with van der Waals surface area (Å²) in [7, 11) is 0. The highest BCUT2D eigenvalue weighted by Crippen LogP contribution is 2.29. The minimum atomic E-state index is -4.58. The minimum Gasteiger partial charge on any atom is -0.376 e. The maximum absolute atomic E-state index is 12.7. The van der Waals surface area contributed by atoms with Crippen LogP contribution in [0.5, 0.6) is 0 Å². The smallest absolute Gasteiger partial charge is 0.376 e. The van der Waals surface area contributed by atoms with Crippen LogP contribution < -0.4 is 0 Å².